The topological polar surface area (TPSA) is 87.9 Å². The quantitative estimate of drug-likeness (QED) is 0.292. The molecule has 0 amide bonds. The second kappa shape index (κ2) is 5.13. The number of halogens is 1. The minimum atomic E-state index is -0.827. The Balaban J connectivity index is 1.64. The van der Waals surface area contributed by atoms with Crippen molar-refractivity contribution in [2.24, 2.45) is 10.8 Å². The van der Waals surface area contributed by atoms with Gasteiger partial charge in [-0.2, -0.15) is 0 Å². The summed E-state index contributed by atoms with van der Waals surface area (Å²) < 4.78 is 10.2. The molecule has 0 aromatic carbocycles. The lowest BCUT2D eigenvalue weighted by Gasteiger charge is -2.68. The smallest absolute Gasteiger partial charge is 0.313 e. The predicted octanol–water partition coefficient (Wildman–Crippen LogP) is 1.51. The molecule has 1 atom stereocenters. The van der Waals surface area contributed by atoms with Crippen molar-refractivity contribution in [3.8, 4) is 0 Å². The van der Waals surface area contributed by atoms with E-state index in [1.807, 2.05) is 0 Å². The van der Waals surface area contributed by atoms with Gasteiger partial charge >= 0.3 is 5.97 Å². The van der Waals surface area contributed by atoms with E-state index in [-0.39, 0.29) is 29.5 Å². The van der Waals surface area contributed by atoms with Crippen LogP contribution in [-0.4, -0.2) is 36.4 Å². The molecule has 0 N–H and O–H groups in total. The van der Waals surface area contributed by atoms with Gasteiger partial charge in [-0.3, -0.25) is 4.79 Å². The van der Waals surface area contributed by atoms with Gasteiger partial charge in [-0.25, -0.2) is 0 Å². The highest BCUT2D eigenvalue weighted by Gasteiger charge is 2.72. The molecule has 7 nitrogen and oxygen atoms in total. The van der Waals surface area contributed by atoms with Gasteiger partial charge < -0.3 is 14.3 Å². The summed E-state index contributed by atoms with van der Waals surface area (Å²) in [5.41, 5.74) is -0.305. The van der Waals surface area contributed by atoms with Gasteiger partial charge in [0, 0.05) is 0 Å². The van der Waals surface area contributed by atoms with Crippen LogP contribution in [0.15, 0.2) is 0 Å². The van der Waals surface area contributed by atoms with Crippen LogP contribution in [0.4, 0.5) is 0 Å². The van der Waals surface area contributed by atoms with Crippen molar-refractivity contribution in [3.05, 3.63) is 10.1 Å². The Morgan fingerprint density at radius 2 is 2.11 bits per heavy atom. The average Bonchev–Trinajstić information content (AvgIpc) is 2.18. The van der Waals surface area contributed by atoms with Gasteiger partial charge in [0.1, 0.15) is 6.10 Å². The van der Waals surface area contributed by atoms with Crippen molar-refractivity contribution in [3.63, 3.8) is 0 Å². The predicted molar refractivity (Wildman–Crippen MR) is 63.9 cm³/mol. The zero-order valence-electron chi connectivity index (χ0n) is 10.6. The molecular weight excluding hydrogens is 278 g/mol. The van der Waals surface area contributed by atoms with Gasteiger partial charge in [-0.1, -0.05) is 11.6 Å². The van der Waals surface area contributed by atoms with Crippen LogP contribution in [0.25, 0.3) is 0 Å². The van der Waals surface area contributed by atoms with Gasteiger partial charge in [0.15, 0.2) is 6.07 Å². The van der Waals surface area contributed by atoms with Gasteiger partial charge in [0.2, 0.25) is 0 Å². The van der Waals surface area contributed by atoms with E-state index < -0.39 is 11.2 Å². The van der Waals surface area contributed by atoms with Gasteiger partial charge in [0.05, 0.1) is 18.6 Å². The molecule has 3 rings (SSSR count). The molecule has 3 fully saturated rings. The monoisotopic (exact) mass is 293 g/mol. The first-order chi connectivity index (χ1) is 8.91. The first kappa shape index (κ1) is 14.3. The Hall–Kier alpha value is -1.08. The fraction of sp³-hybridized carbons (Fsp3) is 0.909. The standard InChI is InChI=1S/C11H16ClNO6/c1-8(19-13(15)16)2-17-6-10-3-11(4-10,5-10)9(14)18-7-12/h8H,2-7H2,1H3. The molecular formula is C11H16ClNO6. The van der Waals surface area contributed by atoms with Crippen molar-refractivity contribution < 1.29 is 24.2 Å². The number of rotatable bonds is 8. The van der Waals surface area contributed by atoms with E-state index in [1.54, 1.807) is 6.92 Å². The van der Waals surface area contributed by atoms with E-state index in [0.717, 1.165) is 19.3 Å². The largest absolute Gasteiger partial charge is 0.449 e. The Morgan fingerprint density at radius 1 is 1.47 bits per heavy atom. The summed E-state index contributed by atoms with van der Waals surface area (Å²) in [5, 5.41) is 9.26. The normalized spacial score (nSPS) is 32.7. The summed E-state index contributed by atoms with van der Waals surface area (Å²) in [7, 11) is 0. The molecule has 1 unspecified atom stereocenters. The third kappa shape index (κ3) is 2.76. The van der Waals surface area contributed by atoms with Crippen LogP contribution in [0.5, 0.6) is 0 Å². The van der Waals surface area contributed by atoms with Gasteiger partial charge in [-0.05, 0) is 31.6 Å². The maximum atomic E-state index is 11.6. The minimum absolute atomic E-state index is 0.0413. The highest BCUT2D eigenvalue weighted by molar-refractivity contribution is 6.17. The molecule has 0 spiro atoms. The van der Waals surface area contributed by atoms with Gasteiger partial charge in [-0.15, -0.1) is 10.1 Å². The minimum Gasteiger partial charge on any atom is -0.449 e. The van der Waals surface area contributed by atoms with Crippen molar-refractivity contribution in [2.45, 2.75) is 32.3 Å². The fourth-order valence-electron chi connectivity index (χ4n) is 3.19. The number of hydrogen-bond donors (Lipinski definition) is 0. The first-order valence-corrected chi connectivity index (χ1v) is 6.57. The molecule has 0 aliphatic heterocycles. The summed E-state index contributed by atoms with van der Waals surface area (Å²) in [5.74, 6) is -0.227. The zero-order valence-corrected chi connectivity index (χ0v) is 11.4. The van der Waals surface area contributed by atoms with Crippen LogP contribution in [0, 0.1) is 20.9 Å². The molecule has 3 saturated carbocycles. The van der Waals surface area contributed by atoms with Crippen molar-refractivity contribution >= 4 is 17.6 Å². The molecule has 0 aromatic heterocycles. The maximum Gasteiger partial charge on any atom is 0.313 e. The van der Waals surface area contributed by atoms with E-state index in [4.69, 9.17) is 21.1 Å². The summed E-state index contributed by atoms with van der Waals surface area (Å²) in [6.07, 6.45) is 1.66. The van der Waals surface area contributed by atoms with Crippen molar-refractivity contribution in [2.75, 3.05) is 19.3 Å². The number of alkyl halides is 1. The highest BCUT2D eigenvalue weighted by atomic mass is 35.5. The number of nitrogens with zero attached hydrogens (tertiary/aromatic N) is 1. The first-order valence-electron chi connectivity index (χ1n) is 6.04. The van der Waals surface area contributed by atoms with Crippen LogP contribution >= 0.6 is 11.6 Å². The van der Waals surface area contributed by atoms with E-state index >= 15 is 0 Å². The number of hydrogen-bond acceptors (Lipinski definition) is 6. The molecule has 3 aliphatic rings. The summed E-state index contributed by atoms with van der Waals surface area (Å²) >= 11 is 5.36. The lowest BCUT2D eigenvalue weighted by atomic mass is 9.35. The maximum absolute atomic E-state index is 11.6. The summed E-state index contributed by atoms with van der Waals surface area (Å²) in [4.78, 5) is 26.0. The second-order valence-corrected chi connectivity index (χ2v) is 5.72. The van der Waals surface area contributed by atoms with Crippen LogP contribution in [0.3, 0.4) is 0 Å². The summed E-state index contributed by atoms with van der Waals surface area (Å²) in [6, 6.07) is -0.111. The Kier molecular flexibility index (Phi) is 3.87. The summed E-state index contributed by atoms with van der Waals surface area (Å²) in [6.45, 7) is 2.24. The Labute approximate surface area is 115 Å². The average molecular weight is 294 g/mol. The Bertz CT molecular complexity index is 368. The third-order valence-electron chi connectivity index (χ3n) is 3.79. The van der Waals surface area contributed by atoms with E-state index in [1.165, 1.54) is 0 Å². The number of carbonyl (C=O) groups excluding carboxylic acids is 1. The number of ether oxygens (including phenoxy) is 2. The molecule has 0 radical (unpaired) electrons. The van der Waals surface area contributed by atoms with E-state index in [9.17, 15) is 14.9 Å². The molecule has 108 valence electrons. The molecule has 0 saturated heterocycles. The van der Waals surface area contributed by atoms with Crippen LogP contribution in [-0.2, 0) is 19.1 Å². The van der Waals surface area contributed by atoms with E-state index in [0.29, 0.717) is 6.61 Å². The molecule has 0 aromatic rings. The zero-order chi connectivity index (χ0) is 14.1. The number of carbonyl (C=O) groups is 1. The van der Waals surface area contributed by atoms with Crippen LogP contribution < -0.4 is 0 Å². The Morgan fingerprint density at radius 3 is 2.63 bits per heavy atom. The van der Waals surface area contributed by atoms with Crippen molar-refractivity contribution in [1.29, 1.82) is 0 Å². The van der Waals surface area contributed by atoms with Crippen molar-refractivity contribution in [1.82, 2.24) is 0 Å². The SMILES string of the molecule is CC(COCC12CC(C(=O)OCCl)(C1)C2)O[N+](=O)[O-]. The molecule has 19 heavy (non-hydrogen) atoms. The fourth-order valence-corrected chi connectivity index (χ4v) is 3.29. The lowest BCUT2D eigenvalue weighted by molar-refractivity contribution is -0.768. The third-order valence-corrected chi connectivity index (χ3v) is 3.89. The highest BCUT2D eigenvalue weighted by Crippen LogP contribution is 2.73. The van der Waals surface area contributed by atoms with Crippen LogP contribution in [0.2, 0.25) is 0 Å². The van der Waals surface area contributed by atoms with Gasteiger partial charge in [0.25, 0.3) is 5.09 Å². The van der Waals surface area contributed by atoms with Crippen LogP contribution in [0.1, 0.15) is 26.2 Å². The molecule has 8 heteroatoms. The van der Waals surface area contributed by atoms with E-state index in [2.05, 4.69) is 4.84 Å². The lowest BCUT2D eigenvalue weighted by Crippen LogP contribution is -2.67. The second-order valence-electron chi connectivity index (χ2n) is 5.51. The molecule has 0 heterocycles. The molecule has 3 aliphatic carbocycles. The molecule has 2 bridgehead atoms. The number of esters is 1.